The molecule has 2 fully saturated rings. The summed E-state index contributed by atoms with van der Waals surface area (Å²) in [4.78, 5) is 6.79. The summed E-state index contributed by atoms with van der Waals surface area (Å²) < 4.78 is 5.57. The fourth-order valence-electron chi connectivity index (χ4n) is 3.36. The van der Waals surface area contributed by atoms with Gasteiger partial charge < -0.3 is 4.74 Å². The van der Waals surface area contributed by atoms with Crippen molar-refractivity contribution in [3.8, 4) is 0 Å². The van der Waals surface area contributed by atoms with Crippen LogP contribution in [0.3, 0.4) is 0 Å². The second-order valence-corrected chi connectivity index (χ2v) is 7.68. The van der Waals surface area contributed by atoms with Crippen LogP contribution < -0.4 is 0 Å². The van der Waals surface area contributed by atoms with Crippen LogP contribution in [-0.2, 0) is 16.8 Å². The zero-order valence-corrected chi connectivity index (χ0v) is 14.7. The van der Waals surface area contributed by atoms with Crippen molar-refractivity contribution in [3.05, 3.63) is 5.82 Å². The number of tetrazole rings is 1. The Morgan fingerprint density at radius 1 is 1.09 bits per heavy atom. The highest BCUT2D eigenvalue weighted by atomic mass is 16.5. The second-order valence-electron chi connectivity index (χ2n) is 7.68. The third-order valence-electron chi connectivity index (χ3n) is 4.75. The standard InChI is InChI=1S/C16H30N6O/c1-16(2,3)22-18-15(17-19-22)13-20-8-5-14(6-9-20)21-7-4-11-23-12-10-21/h14H,4-13H2,1-3H3. The molecule has 0 aliphatic carbocycles. The summed E-state index contributed by atoms with van der Waals surface area (Å²) in [6, 6.07) is 0.714. The molecule has 1 aromatic heterocycles. The van der Waals surface area contributed by atoms with Crippen molar-refractivity contribution < 1.29 is 4.74 Å². The normalized spacial score (nSPS) is 23.1. The largest absolute Gasteiger partial charge is 0.380 e. The van der Waals surface area contributed by atoms with E-state index < -0.39 is 0 Å². The molecule has 0 aromatic carbocycles. The molecule has 0 N–H and O–H groups in total. The Bertz CT molecular complexity index is 481. The molecule has 2 aliphatic heterocycles. The maximum atomic E-state index is 5.57. The van der Waals surface area contributed by atoms with E-state index in [-0.39, 0.29) is 5.54 Å². The Morgan fingerprint density at radius 3 is 2.57 bits per heavy atom. The number of ether oxygens (including phenoxy) is 1. The van der Waals surface area contributed by atoms with E-state index in [9.17, 15) is 0 Å². The van der Waals surface area contributed by atoms with Gasteiger partial charge >= 0.3 is 0 Å². The smallest absolute Gasteiger partial charge is 0.188 e. The number of nitrogens with zero attached hydrogens (tertiary/aromatic N) is 6. The lowest BCUT2D eigenvalue weighted by Gasteiger charge is -2.37. The first kappa shape index (κ1) is 16.8. The van der Waals surface area contributed by atoms with Gasteiger partial charge in [-0.2, -0.15) is 4.80 Å². The second kappa shape index (κ2) is 7.23. The molecule has 7 nitrogen and oxygen atoms in total. The van der Waals surface area contributed by atoms with Crippen LogP contribution in [0.5, 0.6) is 0 Å². The summed E-state index contributed by atoms with van der Waals surface area (Å²) in [5.41, 5.74) is -0.104. The number of rotatable bonds is 3. The van der Waals surface area contributed by atoms with Crippen LogP contribution in [0.2, 0.25) is 0 Å². The molecular weight excluding hydrogens is 292 g/mol. The molecule has 7 heteroatoms. The van der Waals surface area contributed by atoms with Crippen LogP contribution in [-0.4, -0.2) is 75.4 Å². The van der Waals surface area contributed by atoms with Gasteiger partial charge in [-0.05, 0) is 45.2 Å². The molecule has 0 atom stereocenters. The highest BCUT2D eigenvalue weighted by Gasteiger charge is 2.26. The third kappa shape index (κ3) is 4.49. The summed E-state index contributed by atoms with van der Waals surface area (Å²) in [6.45, 7) is 13.4. The van der Waals surface area contributed by atoms with E-state index in [0.29, 0.717) is 6.04 Å². The van der Waals surface area contributed by atoms with E-state index in [1.807, 2.05) is 0 Å². The average molecular weight is 322 g/mol. The highest BCUT2D eigenvalue weighted by Crippen LogP contribution is 2.19. The minimum Gasteiger partial charge on any atom is -0.380 e. The Kier molecular flexibility index (Phi) is 5.28. The molecule has 0 saturated carbocycles. The molecule has 3 heterocycles. The molecule has 130 valence electrons. The molecule has 2 saturated heterocycles. The minimum atomic E-state index is -0.104. The van der Waals surface area contributed by atoms with Crippen LogP contribution in [0.4, 0.5) is 0 Å². The number of piperidine rings is 1. The molecule has 0 radical (unpaired) electrons. The predicted molar refractivity (Wildman–Crippen MR) is 88.1 cm³/mol. The first-order valence-corrected chi connectivity index (χ1v) is 8.86. The van der Waals surface area contributed by atoms with Gasteiger partial charge in [-0.15, -0.1) is 10.2 Å². The van der Waals surface area contributed by atoms with E-state index in [0.717, 1.165) is 45.2 Å². The SMILES string of the molecule is CC(C)(C)n1nnc(CN2CCC(N3CCCOCC3)CC2)n1. The van der Waals surface area contributed by atoms with E-state index in [2.05, 4.69) is 46.0 Å². The Balaban J connectivity index is 1.48. The molecular formula is C16H30N6O. The van der Waals surface area contributed by atoms with E-state index in [1.165, 1.54) is 25.8 Å². The predicted octanol–water partition coefficient (Wildman–Crippen LogP) is 1.11. The zero-order chi connectivity index (χ0) is 16.3. The molecule has 2 aliphatic rings. The fourth-order valence-corrected chi connectivity index (χ4v) is 3.36. The molecule has 0 bridgehead atoms. The van der Waals surface area contributed by atoms with Crippen molar-refractivity contribution in [3.63, 3.8) is 0 Å². The number of aromatic nitrogens is 4. The van der Waals surface area contributed by atoms with Crippen LogP contribution in [0.25, 0.3) is 0 Å². The Hall–Kier alpha value is -1.05. The Morgan fingerprint density at radius 2 is 1.87 bits per heavy atom. The van der Waals surface area contributed by atoms with Gasteiger partial charge in [-0.3, -0.25) is 9.80 Å². The highest BCUT2D eigenvalue weighted by molar-refractivity contribution is 4.85. The Labute approximate surface area is 139 Å². The van der Waals surface area contributed by atoms with Crippen LogP contribution in [0.1, 0.15) is 45.9 Å². The van der Waals surface area contributed by atoms with Gasteiger partial charge in [-0.25, -0.2) is 0 Å². The van der Waals surface area contributed by atoms with E-state index in [1.54, 1.807) is 4.80 Å². The first-order valence-electron chi connectivity index (χ1n) is 8.86. The lowest BCUT2D eigenvalue weighted by atomic mass is 10.0. The number of hydrogen-bond donors (Lipinski definition) is 0. The van der Waals surface area contributed by atoms with Crippen LogP contribution in [0.15, 0.2) is 0 Å². The van der Waals surface area contributed by atoms with Gasteiger partial charge in [0.2, 0.25) is 0 Å². The van der Waals surface area contributed by atoms with Gasteiger partial charge in [0.15, 0.2) is 5.82 Å². The van der Waals surface area contributed by atoms with Gasteiger partial charge in [0.1, 0.15) is 0 Å². The topological polar surface area (TPSA) is 59.3 Å². The quantitative estimate of drug-likeness (QED) is 0.831. The first-order chi connectivity index (χ1) is 11.0. The van der Waals surface area contributed by atoms with Crippen molar-refractivity contribution in [2.24, 2.45) is 0 Å². The van der Waals surface area contributed by atoms with Crippen molar-refractivity contribution in [2.75, 3.05) is 39.4 Å². The molecule has 0 amide bonds. The number of hydrogen-bond acceptors (Lipinski definition) is 6. The van der Waals surface area contributed by atoms with Crippen LogP contribution >= 0.6 is 0 Å². The molecule has 23 heavy (non-hydrogen) atoms. The van der Waals surface area contributed by atoms with Gasteiger partial charge in [0.05, 0.1) is 18.7 Å². The van der Waals surface area contributed by atoms with Crippen molar-refractivity contribution in [2.45, 2.75) is 58.2 Å². The van der Waals surface area contributed by atoms with Crippen molar-refractivity contribution in [1.82, 2.24) is 30.0 Å². The van der Waals surface area contributed by atoms with Gasteiger partial charge in [0.25, 0.3) is 0 Å². The summed E-state index contributed by atoms with van der Waals surface area (Å²) in [5, 5.41) is 12.9. The van der Waals surface area contributed by atoms with Crippen LogP contribution in [0, 0.1) is 0 Å². The maximum Gasteiger partial charge on any atom is 0.188 e. The van der Waals surface area contributed by atoms with Gasteiger partial charge in [0, 0.05) is 38.8 Å². The summed E-state index contributed by atoms with van der Waals surface area (Å²) >= 11 is 0. The summed E-state index contributed by atoms with van der Waals surface area (Å²) in [7, 11) is 0. The minimum absolute atomic E-state index is 0.104. The number of likely N-dealkylation sites (tertiary alicyclic amines) is 1. The fraction of sp³-hybridized carbons (Fsp3) is 0.938. The third-order valence-corrected chi connectivity index (χ3v) is 4.75. The van der Waals surface area contributed by atoms with Crippen molar-refractivity contribution in [1.29, 1.82) is 0 Å². The maximum absolute atomic E-state index is 5.57. The molecule has 1 aromatic rings. The van der Waals surface area contributed by atoms with E-state index in [4.69, 9.17) is 4.74 Å². The average Bonchev–Trinajstić information content (AvgIpc) is 2.82. The van der Waals surface area contributed by atoms with Gasteiger partial charge in [-0.1, -0.05) is 0 Å². The molecule has 0 spiro atoms. The molecule has 0 unspecified atom stereocenters. The molecule has 3 rings (SSSR count). The summed E-state index contributed by atoms with van der Waals surface area (Å²) in [5.74, 6) is 0.835. The van der Waals surface area contributed by atoms with E-state index >= 15 is 0 Å². The van der Waals surface area contributed by atoms with Crippen molar-refractivity contribution >= 4 is 0 Å². The summed E-state index contributed by atoms with van der Waals surface area (Å²) in [6.07, 6.45) is 3.63. The monoisotopic (exact) mass is 322 g/mol. The zero-order valence-electron chi connectivity index (χ0n) is 14.7. The lowest BCUT2D eigenvalue weighted by Crippen LogP contribution is -2.45. The lowest BCUT2D eigenvalue weighted by molar-refractivity contribution is 0.0932.